The molecule has 1 aliphatic rings. The van der Waals surface area contributed by atoms with Crippen LogP contribution in [0.5, 0.6) is 11.5 Å². The Morgan fingerprint density at radius 3 is 2.82 bits per heavy atom. The molecule has 0 unspecified atom stereocenters. The molecule has 0 radical (unpaired) electrons. The van der Waals surface area contributed by atoms with E-state index in [1.54, 1.807) is 30.3 Å². The number of hydrogen-bond donors (Lipinski definition) is 1. The first-order chi connectivity index (χ1) is 13.4. The second-order valence-corrected chi connectivity index (χ2v) is 8.41. The number of hydrogen-bond acceptors (Lipinski definition) is 5. The molecule has 28 heavy (non-hydrogen) atoms. The van der Waals surface area contributed by atoms with Crippen molar-refractivity contribution in [2.75, 3.05) is 13.7 Å². The molecule has 0 saturated heterocycles. The Morgan fingerprint density at radius 1 is 1.25 bits per heavy atom. The number of methoxy groups -OCH3 is 1. The van der Waals surface area contributed by atoms with Gasteiger partial charge in [0, 0.05) is 24.4 Å². The first-order valence-electron chi connectivity index (χ1n) is 8.81. The van der Waals surface area contributed by atoms with Crippen LogP contribution in [0.25, 0.3) is 10.9 Å². The van der Waals surface area contributed by atoms with Gasteiger partial charge in [0.25, 0.3) is 10.0 Å². The standard InChI is InChI=1S/C20H19NO6S/c1-26-15-3-5-18-17(11-15)14(2-7-20(22)23)12-21(18)28(24,25)16-4-6-19-13(10-16)8-9-27-19/h3-6,10-12H,2,7-9H2,1H3,(H,22,23). The summed E-state index contributed by atoms with van der Waals surface area (Å²) in [5.41, 5.74) is 1.99. The van der Waals surface area contributed by atoms with E-state index < -0.39 is 16.0 Å². The summed E-state index contributed by atoms with van der Waals surface area (Å²) in [5.74, 6) is 0.349. The van der Waals surface area contributed by atoms with E-state index in [0.717, 1.165) is 5.56 Å². The van der Waals surface area contributed by atoms with Crippen LogP contribution in [0.3, 0.4) is 0 Å². The number of carboxylic acids is 1. The summed E-state index contributed by atoms with van der Waals surface area (Å²) in [6.45, 7) is 0.546. The van der Waals surface area contributed by atoms with Crippen molar-refractivity contribution in [2.24, 2.45) is 0 Å². The van der Waals surface area contributed by atoms with Crippen LogP contribution in [0.15, 0.2) is 47.5 Å². The third-order valence-corrected chi connectivity index (χ3v) is 6.56. The SMILES string of the molecule is COc1ccc2c(c1)c(CCC(=O)O)cn2S(=O)(=O)c1ccc2c(c1)CCO2. The van der Waals surface area contributed by atoms with Crippen LogP contribution < -0.4 is 9.47 Å². The molecule has 0 amide bonds. The van der Waals surface area contributed by atoms with E-state index in [4.69, 9.17) is 14.6 Å². The van der Waals surface area contributed by atoms with Gasteiger partial charge in [0.15, 0.2) is 0 Å². The largest absolute Gasteiger partial charge is 0.497 e. The van der Waals surface area contributed by atoms with E-state index >= 15 is 0 Å². The fourth-order valence-electron chi connectivity index (χ4n) is 3.45. The van der Waals surface area contributed by atoms with Gasteiger partial charge in [-0.1, -0.05) is 0 Å². The van der Waals surface area contributed by atoms with Crippen LogP contribution in [-0.4, -0.2) is 37.2 Å². The molecule has 0 saturated carbocycles. The van der Waals surface area contributed by atoms with Gasteiger partial charge in [-0.3, -0.25) is 4.79 Å². The highest BCUT2D eigenvalue weighted by atomic mass is 32.2. The van der Waals surface area contributed by atoms with E-state index in [9.17, 15) is 13.2 Å². The Labute approximate surface area is 162 Å². The molecule has 1 N–H and O–H groups in total. The average molecular weight is 401 g/mol. The summed E-state index contributed by atoms with van der Waals surface area (Å²) in [5, 5.41) is 9.68. The van der Waals surface area contributed by atoms with Gasteiger partial charge >= 0.3 is 5.97 Å². The number of aryl methyl sites for hydroxylation is 1. The summed E-state index contributed by atoms with van der Waals surface area (Å²) >= 11 is 0. The summed E-state index contributed by atoms with van der Waals surface area (Å²) < 4.78 is 38.6. The number of fused-ring (bicyclic) bond motifs is 2. The molecule has 1 aliphatic heterocycles. The first kappa shape index (κ1) is 18.4. The lowest BCUT2D eigenvalue weighted by Gasteiger charge is -2.09. The summed E-state index contributed by atoms with van der Waals surface area (Å²) in [6, 6.07) is 9.94. The Bertz CT molecular complexity index is 1180. The van der Waals surface area contributed by atoms with E-state index in [1.165, 1.54) is 23.3 Å². The zero-order valence-electron chi connectivity index (χ0n) is 15.2. The van der Waals surface area contributed by atoms with Gasteiger partial charge in [-0.05, 0) is 53.9 Å². The molecule has 0 bridgehead atoms. The first-order valence-corrected chi connectivity index (χ1v) is 10.3. The van der Waals surface area contributed by atoms with Gasteiger partial charge in [-0.2, -0.15) is 0 Å². The minimum Gasteiger partial charge on any atom is -0.497 e. The molecule has 0 aliphatic carbocycles. The van der Waals surface area contributed by atoms with E-state index in [0.29, 0.717) is 41.0 Å². The highest BCUT2D eigenvalue weighted by Gasteiger charge is 2.24. The Hall–Kier alpha value is -3.00. The third kappa shape index (κ3) is 3.09. The van der Waals surface area contributed by atoms with Crippen molar-refractivity contribution in [3.63, 3.8) is 0 Å². The molecule has 3 aromatic rings. The lowest BCUT2D eigenvalue weighted by atomic mass is 10.1. The summed E-state index contributed by atoms with van der Waals surface area (Å²) in [6.07, 6.45) is 2.31. The molecule has 2 heterocycles. The predicted molar refractivity (Wildman–Crippen MR) is 103 cm³/mol. The lowest BCUT2D eigenvalue weighted by Crippen LogP contribution is -2.12. The second kappa shape index (κ2) is 6.87. The highest BCUT2D eigenvalue weighted by Crippen LogP contribution is 2.32. The van der Waals surface area contributed by atoms with E-state index in [1.807, 2.05) is 0 Å². The van der Waals surface area contributed by atoms with Crippen molar-refractivity contribution in [2.45, 2.75) is 24.2 Å². The number of aliphatic carboxylic acids is 1. The quantitative estimate of drug-likeness (QED) is 0.683. The molecule has 7 nitrogen and oxygen atoms in total. The Kier molecular flexibility index (Phi) is 4.50. The zero-order valence-corrected chi connectivity index (χ0v) is 16.0. The maximum absolute atomic E-state index is 13.3. The molecule has 0 spiro atoms. The van der Waals surface area contributed by atoms with Crippen LogP contribution in [0.4, 0.5) is 0 Å². The predicted octanol–water partition coefficient (Wildman–Crippen LogP) is 2.84. The molecule has 8 heteroatoms. The molecule has 146 valence electrons. The second-order valence-electron chi connectivity index (χ2n) is 6.60. The molecular weight excluding hydrogens is 382 g/mol. The normalized spacial score (nSPS) is 13.3. The van der Waals surface area contributed by atoms with E-state index in [-0.39, 0.29) is 17.7 Å². The minimum absolute atomic E-state index is 0.0907. The van der Waals surface area contributed by atoms with Crippen LogP contribution in [0.1, 0.15) is 17.5 Å². The molecule has 0 fully saturated rings. The lowest BCUT2D eigenvalue weighted by molar-refractivity contribution is -0.136. The number of rotatable bonds is 6. The summed E-state index contributed by atoms with van der Waals surface area (Å²) in [4.78, 5) is 11.2. The fourth-order valence-corrected chi connectivity index (χ4v) is 4.89. The van der Waals surface area contributed by atoms with Crippen LogP contribution in [0.2, 0.25) is 0 Å². The maximum atomic E-state index is 13.3. The van der Waals surface area contributed by atoms with Gasteiger partial charge in [0.05, 0.1) is 24.1 Å². The van der Waals surface area contributed by atoms with Gasteiger partial charge in [0.1, 0.15) is 11.5 Å². The third-order valence-electron chi connectivity index (χ3n) is 4.89. The monoisotopic (exact) mass is 401 g/mol. The van der Waals surface area contributed by atoms with Gasteiger partial charge in [-0.15, -0.1) is 0 Å². The van der Waals surface area contributed by atoms with Crippen molar-refractivity contribution >= 4 is 26.9 Å². The smallest absolute Gasteiger partial charge is 0.303 e. The van der Waals surface area contributed by atoms with Crippen LogP contribution in [0, 0.1) is 0 Å². The number of ether oxygens (including phenoxy) is 2. The number of carboxylic acid groups (broad SMARTS) is 1. The number of aromatic nitrogens is 1. The molecule has 0 atom stereocenters. The topological polar surface area (TPSA) is 94.8 Å². The van der Waals surface area contributed by atoms with Crippen molar-refractivity contribution in [3.05, 3.63) is 53.7 Å². The van der Waals surface area contributed by atoms with Crippen molar-refractivity contribution in [1.29, 1.82) is 0 Å². The van der Waals surface area contributed by atoms with Crippen LogP contribution in [-0.2, 0) is 27.7 Å². The number of benzene rings is 2. The average Bonchev–Trinajstić information content (AvgIpc) is 3.29. The zero-order chi connectivity index (χ0) is 19.9. The molecule has 4 rings (SSSR count). The van der Waals surface area contributed by atoms with Gasteiger partial charge in [-0.25, -0.2) is 12.4 Å². The van der Waals surface area contributed by atoms with E-state index in [2.05, 4.69) is 0 Å². The molecule has 1 aromatic heterocycles. The highest BCUT2D eigenvalue weighted by molar-refractivity contribution is 7.90. The fraction of sp³-hybridized carbons (Fsp3) is 0.250. The van der Waals surface area contributed by atoms with Gasteiger partial charge in [0.2, 0.25) is 0 Å². The Balaban J connectivity index is 1.86. The number of carbonyl (C=O) groups is 1. The molecule has 2 aromatic carbocycles. The van der Waals surface area contributed by atoms with Crippen LogP contribution >= 0.6 is 0 Å². The maximum Gasteiger partial charge on any atom is 0.303 e. The number of nitrogens with zero attached hydrogens (tertiary/aromatic N) is 1. The molecular formula is C20H19NO6S. The van der Waals surface area contributed by atoms with Crippen molar-refractivity contribution in [3.8, 4) is 11.5 Å². The Morgan fingerprint density at radius 2 is 2.07 bits per heavy atom. The minimum atomic E-state index is -3.85. The van der Waals surface area contributed by atoms with Gasteiger partial charge < -0.3 is 14.6 Å². The summed E-state index contributed by atoms with van der Waals surface area (Å²) in [7, 11) is -2.33. The van der Waals surface area contributed by atoms with Crippen molar-refractivity contribution in [1.82, 2.24) is 3.97 Å². The van der Waals surface area contributed by atoms with Crippen molar-refractivity contribution < 1.29 is 27.8 Å².